The van der Waals surface area contributed by atoms with E-state index in [1.807, 2.05) is 0 Å². The number of aromatic nitrogens is 2. The van der Waals surface area contributed by atoms with Gasteiger partial charge < -0.3 is 9.84 Å². The van der Waals surface area contributed by atoms with Crippen LogP contribution in [0, 0.1) is 0 Å². The molecule has 1 heterocycles. The number of halogens is 3. The van der Waals surface area contributed by atoms with Crippen molar-refractivity contribution in [2.45, 2.75) is 6.18 Å². The minimum Gasteiger partial charge on any atom is -0.478 e. The van der Waals surface area contributed by atoms with Crippen LogP contribution in [0.3, 0.4) is 0 Å². The summed E-state index contributed by atoms with van der Waals surface area (Å²) in [4.78, 5) is 10.8. The van der Waals surface area contributed by atoms with Crippen LogP contribution in [0.25, 0.3) is 0 Å². The van der Waals surface area contributed by atoms with Crippen LogP contribution in [0.4, 0.5) is 13.2 Å². The first-order chi connectivity index (χ1) is 9.36. The molecule has 5 nitrogen and oxygen atoms in total. The van der Waals surface area contributed by atoms with Crippen molar-refractivity contribution < 1.29 is 27.8 Å². The molecule has 8 heteroatoms. The Kier molecular flexibility index (Phi) is 3.55. The van der Waals surface area contributed by atoms with Gasteiger partial charge in [-0.15, -0.1) is 10.2 Å². The zero-order valence-electron chi connectivity index (χ0n) is 9.76. The monoisotopic (exact) mass is 284 g/mol. The Morgan fingerprint density at radius 3 is 2.45 bits per heavy atom. The lowest BCUT2D eigenvalue weighted by molar-refractivity contribution is -0.141. The number of rotatable bonds is 3. The summed E-state index contributed by atoms with van der Waals surface area (Å²) in [6.07, 6.45) is -4.57. The maximum Gasteiger partial charge on any atom is 0.435 e. The number of aromatic carboxylic acids is 1. The summed E-state index contributed by atoms with van der Waals surface area (Å²) in [6, 6.07) is 7.20. The maximum absolute atomic E-state index is 12.3. The van der Waals surface area contributed by atoms with E-state index in [0.717, 1.165) is 12.1 Å². The molecular weight excluding hydrogens is 277 g/mol. The molecule has 2 aromatic rings. The van der Waals surface area contributed by atoms with Crippen molar-refractivity contribution in [2.24, 2.45) is 0 Å². The van der Waals surface area contributed by atoms with Crippen LogP contribution in [0.2, 0.25) is 0 Å². The number of nitrogens with zero attached hydrogens (tertiary/aromatic N) is 2. The number of hydrogen-bond acceptors (Lipinski definition) is 4. The van der Waals surface area contributed by atoms with Gasteiger partial charge in [-0.25, -0.2) is 4.79 Å². The molecule has 1 N–H and O–H groups in total. The van der Waals surface area contributed by atoms with Gasteiger partial charge in [0.15, 0.2) is 5.69 Å². The Bertz CT molecular complexity index is 627. The summed E-state index contributed by atoms with van der Waals surface area (Å²) in [5.41, 5.74) is -1.15. The van der Waals surface area contributed by atoms with Gasteiger partial charge in [0.1, 0.15) is 5.75 Å². The Morgan fingerprint density at radius 1 is 1.15 bits per heavy atom. The predicted molar refractivity (Wildman–Crippen MR) is 60.5 cm³/mol. The van der Waals surface area contributed by atoms with E-state index < -0.39 is 17.8 Å². The van der Waals surface area contributed by atoms with E-state index in [1.165, 1.54) is 24.3 Å². The molecule has 0 radical (unpaired) electrons. The lowest BCUT2D eigenvalue weighted by Gasteiger charge is -2.07. The number of carboxylic acids is 1. The van der Waals surface area contributed by atoms with E-state index in [1.54, 1.807) is 0 Å². The highest BCUT2D eigenvalue weighted by molar-refractivity contribution is 5.88. The number of alkyl halides is 3. The van der Waals surface area contributed by atoms with Gasteiger partial charge in [0.25, 0.3) is 0 Å². The van der Waals surface area contributed by atoms with Crippen molar-refractivity contribution in [3.05, 3.63) is 47.7 Å². The lowest BCUT2D eigenvalue weighted by Crippen LogP contribution is -2.08. The summed E-state index contributed by atoms with van der Waals surface area (Å²) in [6.45, 7) is 0. The van der Waals surface area contributed by atoms with Crippen molar-refractivity contribution in [1.82, 2.24) is 10.2 Å². The van der Waals surface area contributed by atoms with Gasteiger partial charge in [0, 0.05) is 6.07 Å². The number of carbonyl (C=O) groups is 1. The zero-order chi connectivity index (χ0) is 14.8. The smallest absolute Gasteiger partial charge is 0.435 e. The average Bonchev–Trinajstić information content (AvgIpc) is 2.38. The molecule has 0 bridgehead atoms. The number of carboxylic acid groups (broad SMARTS) is 1. The van der Waals surface area contributed by atoms with Gasteiger partial charge in [-0.2, -0.15) is 13.2 Å². The quantitative estimate of drug-likeness (QED) is 0.938. The average molecular weight is 284 g/mol. The summed E-state index contributed by atoms with van der Waals surface area (Å²) in [7, 11) is 0. The van der Waals surface area contributed by atoms with Crippen LogP contribution in [-0.4, -0.2) is 21.3 Å². The van der Waals surface area contributed by atoms with Crippen LogP contribution in [0.15, 0.2) is 36.4 Å². The van der Waals surface area contributed by atoms with Crippen LogP contribution >= 0.6 is 0 Å². The fourth-order valence-electron chi connectivity index (χ4n) is 1.34. The molecule has 0 fully saturated rings. The summed E-state index contributed by atoms with van der Waals surface area (Å²) in [5.74, 6) is -1.17. The molecule has 104 valence electrons. The molecule has 0 amide bonds. The highest BCUT2D eigenvalue weighted by Gasteiger charge is 2.32. The van der Waals surface area contributed by atoms with Gasteiger partial charge >= 0.3 is 12.1 Å². The first-order valence-corrected chi connectivity index (χ1v) is 5.28. The first kappa shape index (κ1) is 13.8. The van der Waals surface area contributed by atoms with Crippen LogP contribution in [-0.2, 0) is 6.18 Å². The Morgan fingerprint density at radius 2 is 1.90 bits per heavy atom. The number of hydrogen-bond donors (Lipinski definition) is 1. The largest absolute Gasteiger partial charge is 0.478 e. The third-order valence-electron chi connectivity index (χ3n) is 2.23. The number of benzene rings is 1. The second-order valence-corrected chi connectivity index (χ2v) is 3.69. The third-order valence-corrected chi connectivity index (χ3v) is 2.23. The van der Waals surface area contributed by atoms with E-state index in [0.29, 0.717) is 0 Å². The van der Waals surface area contributed by atoms with Gasteiger partial charge in [0.2, 0.25) is 5.88 Å². The van der Waals surface area contributed by atoms with Gasteiger partial charge in [0.05, 0.1) is 5.56 Å². The van der Waals surface area contributed by atoms with Crippen molar-refractivity contribution >= 4 is 5.97 Å². The molecule has 2 rings (SSSR count). The standard InChI is InChI=1S/C12H7F3N2O3/c13-12(14,15)9-4-5-10(17-16-9)20-8-3-1-2-7(6-8)11(18)19/h1-6H,(H,18,19). The van der Waals surface area contributed by atoms with Crippen molar-refractivity contribution in [2.75, 3.05) is 0 Å². The highest BCUT2D eigenvalue weighted by Crippen LogP contribution is 2.28. The van der Waals surface area contributed by atoms with Crippen molar-refractivity contribution in [3.63, 3.8) is 0 Å². The van der Waals surface area contributed by atoms with Crippen LogP contribution in [0.5, 0.6) is 11.6 Å². The predicted octanol–water partition coefficient (Wildman–Crippen LogP) is 2.99. The molecule has 0 saturated heterocycles. The van der Waals surface area contributed by atoms with Crippen LogP contribution in [0.1, 0.15) is 16.1 Å². The van der Waals surface area contributed by atoms with E-state index in [-0.39, 0.29) is 17.2 Å². The van der Waals surface area contributed by atoms with Crippen molar-refractivity contribution in [3.8, 4) is 11.6 Å². The summed E-state index contributed by atoms with van der Waals surface area (Å²) in [5, 5.41) is 15.1. The van der Waals surface area contributed by atoms with E-state index in [2.05, 4.69) is 10.2 Å². The first-order valence-electron chi connectivity index (χ1n) is 5.28. The molecule has 0 aliphatic heterocycles. The van der Waals surface area contributed by atoms with Gasteiger partial charge in [-0.3, -0.25) is 0 Å². The molecule has 20 heavy (non-hydrogen) atoms. The lowest BCUT2D eigenvalue weighted by atomic mass is 10.2. The molecule has 0 atom stereocenters. The molecule has 1 aromatic carbocycles. The topological polar surface area (TPSA) is 72.3 Å². The molecule has 0 aliphatic carbocycles. The normalized spacial score (nSPS) is 11.2. The van der Waals surface area contributed by atoms with Gasteiger partial charge in [-0.1, -0.05) is 6.07 Å². The van der Waals surface area contributed by atoms with Gasteiger partial charge in [-0.05, 0) is 24.3 Å². The second-order valence-electron chi connectivity index (χ2n) is 3.69. The Hall–Kier alpha value is -2.64. The third kappa shape index (κ3) is 3.22. The highest BCUT2D eigenvalue weighted by atomic mass is 19.4. The second kappa shape index (κ2) is 5.16. The minimum atomic E-state index is -4.57. The molecule has 0 unspecified atom stereocenters. The fraction of sp³-hybridized carbons (Fsp3) is 0.0833. The molecule has 1 aromatic heterocycles. The Labute approximate surface area is 110 Å². The summed E-state index contributed by atoms with van der Waals surface area (Å²) < 4.78 is 42.0. The molecule has 0 spiro atoms. The maximum atomic E-state index is 12.3. The van der Waals surface area contributed by atoms with E-state index >= 15 is 0 Å². The van der Waals surface area contributed by atoms with Crippen molar-refractivity contribution in [1.29, 1.82) is 0 Å². The van der Waals surface area contributed by atoms with Crippen LogP contribution < -0.4 is 4.74 Å². The zero-order valence-corrected chi connectivity index (χ0v) is 9.76. The Balaban J connectivity index is 2.18. The van der Waals surface area contributed by atoms with E-state index in [9.17, 15) is 18.0 Å². The minimum absolute atomic E-state index is 0.0117. The molecule has 0 saturated carbocycles. The molecular formula is C12H7F3N2O3. The SMILES string of the molecule is O=C(O)c1cccc(Oc2ccc(C(F)(F)F)nn2)c1. The fourth-order valence-corrected chi connectivity index (χ4v) is 1.34. The summed E-state index contributed by atoms with van der Waals surface area (Å²) >= 11 is 0. The molecule has 0 aliphatic rings. The number of ether oxygens (including phenoxy) is 1. The van der Waals surface area contributed by atoms with E-state index in [4.69, 9.17) is 9.84 Å².